The van der Waals surface area contributed by atoms with Gasteiger partial charge in [-0.15, -0.1) is 0 Å². The molecule has 0 N–H and O–H groups in total. The average molecular weight is 546 g/mol. The number of carbonyl (C=O) groups excluding carboxylic acids is 1. The third kappa shape index (κ3) is 5.43. The van der Waals surface area contributed by atoms with Crippen molar-refractivity contribution >= 4 is 23.3 Å². The highest BCUT2D eigenvalue weighted by Gasteiger charge is 2.42. The molecule has 40 heavy (non-hydrogen) atoms. The van der Waals surface area contributed by atoms with Crippen molar-refractivity contribution < 1.29 is 13.9 Å². The number of piperazine rings is 1. The SMILES string of the molecule is CCCn1c2c(c(N3CCN(Cc4ccccc4F)CC3)nc1=O)C(c1ccccc1)C(C(=O)OCC)C(C)=N2. The number of esters is 1. The van der Waals surface area contributed by atoms with Gasteiger partial charge in [0, 0.05) is 62.0 Å². The third-order valence-electron chi connectivity index (χ3n) is 7.72. The molecule has 9 heteroatoms. The van der Waals surface area contributed by atoms with Crippen LogP contribution >= 0.6 is 0 Å². The van der Waals surface area contributed by atoms with Crippen molar-refractivity contribution in [3.63, 3.8) is 0 Å². The number of anilines is 1. The molecule has 2 unspecified atom stereocenters. The molecule has 1 aromatic heterocycles. The van der Waals surface area contributed by atoms with Crippen LogP contribution in [0.4, 0.5) is 16.0 Å². The Kier molecular flexibility index (Phi) is 8.40. The predicted octanol–water partition coefficient (Wildman–Crippen LogP) is 4.53. The highest BCUT2D eigenvalue weighted by atomic mass is 19.1. The first kappa shape index (κ1) is 27.7. The first-order valence-electron chi connectivity index (χ1n) is 14.0. The molecule has 0 radical (unpaired) electrons. The normalized spacial score (nSPS) is 19.2. The molecule has 2 atom stereocenters. The highest BCUT2D eigenvalue weighted by Crippen LogP contribution is 2.46. The molecule has 210 valence electrons. The Morgan fingerprint density at radius 1 is 1.02 bits per heavy atom. The van der Waals surface area contributed by atoms with Crippen molar-refractivity contribution in [3.05, 3.63) is 87.6 Å². The van der Waals surface area contributed by atoms with Gasteiger partial charge in [0.25, 0.3) is 0 Å². The second-order valence-electron chi connectivity index (χ2n) is 10.3. The average Bonchev–Trinajstić information content (AvgIpc) is 2.96. The molecular formula is C31H36FN5O3. The highest BCUT2D eigenvalue weighted by molar-refractivity contribution is 6.05. The molecule has 0 bridgehead atoms. The summed E-state index contributed by atoms with van der Waals surface area (Å²) in [5.74, 6) is -0.447. The van der Waals surface area contributed by atoms with E-state index in [4.69, 9.17) is 9.73 Å². The monoisotopic (exact) mass is 545 g/mol. The minimum absolute atomic E-state index is 0.204. The molecule has 1 saturated heterocycles. The van der Waals surface area contributed by atoms with E-state index in [1.54, 1.807) is 17.6 Å². The number of aromatic nitrogens is 2. The second-order valence-corrected chi connectivity index (χ2v) is 10.3. The lowest BCUT2D eigenvalue weighted by atomic mass is 9.76. The number of benzene rings is 2. The maximum atomic E-state index is 14.3. The van der Waals surface area contributed by atoms with Crippen molar-refractivity contribution in [2.75, 3.05) is 37.7 Å². The number of hydrogen-bond donors (Lipinski definition) is 0. The summed E-state index contributed by atoms with van der Waals surface area (Å²) < 4.78 is 21.4. The van der Waals surface area contributed by atoms with Gasteiger partial charge in [0.1, 0.15) is 23.4 Å². The molecule has 5 rings (SSSR count). The van der Waals surface area contributed by atoms with Crippen LogP contribution in [0.1, 0.15) is 49.8 Å². The van der Waals surface area contributed by atoms with E-state index in [2.05, 4.69) is 14.8 Å². The largest absolute Gasteiger partial charge is 0.465 e. The van der Waals surface area contributed by atoms with E-state index >= 15 is 0 Å². The lowest BCUT2D eigenvalue weighted by Gasteiger charge is -2.39. The van der Waals surface area contributed by atoms with Gasteiger partial charge in [0.15, 0.2) is 0 Å². The van der Waals surface area contributed by atoms with Crippen molar-refractivity contribution in [3.8, 4) is 0 Å². The summed E-state index contributed by atoms with van der Waals surface area (Å²) in [6.45, 7) is 9.49. The number of hydrogen-bond acceptors (Lipinski definition) is 7. The fourth-order valence-electron chi connectivity index (χ4n) is 5.80. The zero-order chi connectivity index (χ0) is 28.2. The Morgan fingerprint density at radius 2 is 1.73 bits per heavy atom. The number of rotatable bonds is 8. The van der Waals surface area contributed by atoms with Crippen molar-refractivity contribution in [2.45, 2.75) is 46.2 Å². The number of ether oxygens (including phenoxy) is 1. The molecule has 0 amide bonds. The maximum absolute atomic E-state index is 14.3. The standard InChI is InChI=1S/C31H36FN5O3/c1-4-15-37-29-27(26(22-11-7-6-8-12-22)25(21(3)33-29)30(38)40-5-2)28(34-31(37)39)36-18-16-35(17-19-36)20-23-13-9-10-14-24(23)32/h6-14,25-26H,4-5,15-20H2,1-3H3. The third-order valence-corrected chi connectivity index (χ3v) is 7.72. The van der Waals surface area contributed by atoms with Gasteiger partial charge in [-0.05, 0) is 31.9 Å². The van der Waals surface area contributed by atoms with Gasteiger partial charge in [0.05, 0.1) is 6.61 Å². The number of fused-ring (bicyclic) bond motifs is 1. The van der Waals surface area contributed by atoms with E-state index in [0.717, 1.165) is 17.5 Å². The van der Waals surface area contributed by atoms with E-state index in [1.165, 1.54) is 6.07 Å². The molecule has 2 aliphatic rings. The van der Waals surface area contributed by atoms with E-state index in [0.29, 0.717) is 62.2 Å². The minimum Gasteiger partial charge on any atom is -0.465 e. The molecule has 1 fully saturated rings. The lowest BCUT2D eigenvalue weighted by molar-refractivity contribution is -0.146. The Hall–Kier alpha value is -3.85. The second kappa shape index (κ2) is 12.1. The van der Waals surface area contributed by atoms with E-state index < -0.39 is 11.8 Å². The van der Waals surface area contributed by atoms with Crippen LogP contribution in [0.2, 0.25) is 0 Å². The minimum atomic E-state index is -0.634. The van der Waals surface area contributed by atoms with Gasteiger partial charge in [-0.3, -0.25) is 14.3 Å². The van der Waals surface area contributed by atoms with Crippen LogP contribution in [0.5, 0.6) is 0 Å². The fraction of sp³-hybridized carbons (Fsp3) is 0.419. The van der Waals surface area contributed by atoms with Crippen LogP contribution in [0, 0.1) is 11.7 Å². The maximum Gasteiger partial charge on any atom is 0.351 e. The number of carbonyl (C=O) groups is 1. The van der Waals surface area contributed by atoms with Gasteiger partial charge in [-0.1, -0.05) is 55.5 Å². The molecule has 3 aromatic rings. The van der Waals surface area contributed by atoms with Gasteiger partial charge in [0.2, 0.25) is 0 Å². The summed E-state index contributed by atoms with van der Waals surface area (Å²) in [4.78, 5) is 40.6. The van der Waals surface area contributed by atoms with E-state index in [1.807, 2.05) is 56.3 Å². The van der Waals surface area contributed by atoms with Crippen molar-refractivity contribution in [2.24, 2.45) is 10.9 Å². The van der Waals surface area contributed by atoms with E-state index in [-0.39, 0.29) is 24.1 Å². The summed E-state index contributed by atoms with van der Waals surface area (Å²) in [6, 6.07) is 16.7. The van der Waals surface area contributed by atoms with Crippen LogP contribution in [0.3, 0.4) is 0 Å². The molecule has 8 nitrogen and oxygen atoms in total. The summed E-state index contributed by atoms with van der Waals surface area (Å²) >= 11 is 0. The Morgan fingerprint density at radius 3 is 2.40 bits per heavy atom. The molecule has 0 saturated carbocycles. The van der Waals surface area contributed by atoms with Gasteiger partial charge >= 0.3 is 11.7 Å². The number of halogens is 1. The van der Waals surface area contributed by atoms with Gasteiger partial charge in [-0.2, -0.15) is 4.98 Å². The van der Waals surface area contributed by atoms with Crippen LogP contribution in [0.25, 0.3) is 0 Å². The topological polar surface area (TPSA) is 80.0 Å². The van der Waals surface area contributed by atoms with E-state index in [9.17, 15) is 14.0 Å². The van der Waals surface area contributed by atoms with Crippen molar-refractivity contribution in [1.82, 2.24) is 14.5 Å². The van der Waals surface area contributed by atoms with Crippen LogP contribution < -0.4 is 10.6 Å². The first-order valence-corrected chi connectivity index (χ1v) is 14.0. The fourth-order valence-corrected chi connectivity index (χ4v) is 5.80. The smallest absolute Gasteiger partial charge is 0.351 e. The van der Waals surface area contributed by atoms with Crippen molar-refractivity contribution in [1.29, 1.82) is 0 Å². The Labute approximate surface area is 234 Å². The predicted molar refractivity (Wildman–Crippen MR) is 154 cm³/mol. The lowest BCUT2D eigenvalue weighted by Crippen LogP contribution is -2.48. The zero-order valence-electron chi connectivity index (χ0n) is 23.3. The molecular weight excluding hydrogens is 509 g/mol. The molecule has 0 aliphatic carbocycles. The summed E-state index contributed by atoms with van der Waals surface area (Å²) in [7, 11) is 0. The van der Waals surface area contributed by atoms with Gasteiger partial charge < -0.3 is 9.64 Å². The molecule has 2 aromatic carbocycles. The van der Waals surface area contributed by atoms with Crippen LogP contribution in [-0.4, -0.2) is 58.9 Å². The summed E-state index contributed by atoms with van der Waals surface area (Å²) in [5.41, 5.74) is 2.67. The first-order chi connectivity index (χ1) is 19.4. The van der Waals surface area contributed by atoms with Gasteiger partial charge in [-0.25, -0.2) is 14.2 Å². The molecule has 3 heterocycles. The quantitative estimate of drug-likeness (QED) is 0.387. The summed E-state index contributed by atoms with van der Waals surface area (Å²) in [5, 5.41) is 0. The summed E-state index contributed by atoms with van der Waals surface area (Å²) in [6.07, 6.45) is 0.744. The number of nitrogens with zero attached hydrogens (tertiary/aromatic N) is 5. The number of aliphatic imine (C=N–C) groups is 1. The van der Waals surface area contributed by atoms with Crippen LogP contribution in [-0.2, 0) is 22.6 Å². The van der Waals surface area contributed by atoms with Crippen LogP contribution in [0.15, 0.2) is 64.4 Å². The zero-order valence-corrected chi connectivity index (χ0v) is 23.3. The Balaban J connectivity index is 1.57. The molecule has 2 aliphatic heterocycles. The Bertz CT molecular complexity index is 1450. The molecule has 0 spiro atoms.